The molecule has 0 bridgehead atoms. The van der Waals surface area contributed by atoms with Crippen molar-refractivity contribution < 1.29 is 14.3 Å². The van der Waals surface area contributed by atoms with Gasteiger partial charge in [0.05, 0.1) is 16.1 Å². The van der Waals surface area contributed by atoms with E-state index in [1.54, 1.807) is 10.5 Å². The summed E-state index contributed by atoms with van der Waals surface area (Å²) in [6.45, 7) is -0.462. The van der Waals surface area contributed by atoms with E-state index in [-0.39, 0.29) is 10.6 Å². The monoisotopic (exact) mass is 355 g/mol. The maximum atomic E-state index is 12.0. The largest absolute Gasteiger partial charge is 0.452 e. The fraction of sp³-hybridized carbons (Fsp3) is 0.0625. The lowest BCUT2D eigenvalue weighted by atomic mass is 10.2. The number of rotatable bonds is 4. The van der Waals surface area contributed by atoms with Crippen molar-refractivity contribution in [2.75, 3.05) is 11.9 Å². The van der Waals surface area contributed by atoms with Gasteiger partial charge >= 0.3 is 5.97 Å². The van der Waals surface area contributed by atoms with Crippen LogP contribution in [0.3, 0.4) is 0 Å². The van der Waals surface area contributed by atoms with Crippen molar-refractivity contribution in [3.05, 3.63) is 59.0 Å². The Morgan fingerprint density at radius 1 is 1.32 bits per heavy atom. The van der Waals surface area contributed by atoms with Gasteiger partial charge in [0.15, 0.2) is 12.3 Å². The topological polar surface area (TPSA) is 109 Å². The number of esters is 1. The van der Waals surface area contributed by atoms with Crippen molar-refractivity contribution in [2.24, 2.45) is 0 Å². The second-order valence-corrected chi connectivity index (χ2v) is 5.35. The number of hydrogen-bond acceptors (Lipinski definition) is 6. The number of halogens is 1. The molecular weight excluding hydrogens is 346 g/mol. The number of aromatic nitrogens is 3. The third-order valence-electron chi connectivity index (χ3n) is 3.23. The lowest BCUT2D eigenvalue weighted by Gasteiger charge is -2.07. The van der Waals surface area contributed by atoms with E-state index in [4.69, 9.17) is 21.6 Å². The number of anilines is 1. The number of pyridine rings is 1. The summed E-state index contributed by atoms with van der Waals surface area (Å²) in [6.07, 6.45) is 2.96. The maximum Gasteiger partial charge on any atom is 0.340 e. The molecule has 1 aromatic carbocycles. The van der Waals surface area contributed by atoms with Crippen LogP contribution in [-0.2, 0) is 9.53 Å². The standard InChI is InChI=1S/C16H10ClN5O3/c17-13-5-12(3-1-10(13)6-18)20-15(23)8-25-16(24)11-2-4-14-21-19-9-22(14)7-11/h1-5,7,9H,8H2,(H,20,23). The van der Waals surface area contributed by atoms with Gasteiger partial charge in [-0.2, -0.15) is 5.26 Å². The van der Waals surface area contributed by atoms with Crippen LogP contribution in [0.15, 0.2) is 42.9 Å². The predicted molar refractivity (Wildman–Crippen MR) is 88.1 cm³/mol. The highest BCUT2D eigenvalue weighted by Gasteiger charge is 2.12. The smallest absolute Gasteiger partial charge is 0.340 e. The molecule has 124 valence electrons. The normalized spacial score (nSPS) is 10.2. The van der Waals surface area contributed by atoms with Crippen molar-refractivity contribution in [1.82, 2.24) is 14.6 Å². The first-order chi connectivity index (χ1) is 12.1. The third kappa shape index (κ3) is 3.73. The van der Waals surface area contributed by atoms with Crippen LogP contribution in [0, 0.1) is 11.3 Å². The second kappa shape index (κ2) is 6.98. The molecule has 8 nitrogen and oxygen atoms in total. The first-order valence-corrected chi connectivity index (χ1v) is 7.40. The molecule has 0 spiro atoms. The summed E-state index contributed by atoms with van der Waals surface area (Å²) in [5.41, 5.74) is 1.56. The van der Waals surface area contributed by atoms with E-state index in [1.165, 1.54) is 36.8 Å². The average molecular weight is 356 g/mol. The van der Waals surface area contributed by atoms with Crippen molar-refractivity contribution in [2.45, 2.75) is 0 Å². The van der Waals surface area contributed by atoms with Gasteiger partial charge in [0.1, 0.15) is 12.4 Å². The van der Waals surface area contributed by atoms with Gasteiger partial charge in [0.25, 0.3) is 5.91 Å². The minimum absolute atomic E-state index is 0.222. The number of amides is 1. The zero-order valence-corrected chi connectivity index (χ0v) is 13.4. The lowest BCUT2D eigenvalue weighted by Crippen LogP contribution is -2.21. The maximum absolute atomic E-state index is 12.0. The van der Waals surface area contributed by atoms with E-state index in [9.17, 15) is 9.59 Å². The van der Waals surface area contributed by atoms with Crippen molar-refractivity contribution in [3.63, 3.8) is 0 Å². The van der Waals surface area contributed by atoms with Crippen LogP contribution in [0.5, 0.6) is 0 Å². The number of carbonyl (C=O) groups excluding carboxylic acids is 2. The Morgan fingerprint density at radius 2 is 2.16 bits per heavy atom. The summed E-state index contributed by atoms with van der Waals surface area (Å²) in [4.78, 5) is 23.9. The minimum Gasteiger partial charge on any atom is -0.452 e. The number of ether oxygens (including phenoxy) is 1. The molecule has 0 aliphatic rings. The van der Waals surface area contributed by atoms with Gasteiger partial charge in [-0.15, -0.1) is 10.2 Å². The second-order valence-electron chi connectivity index (χ2n) is 4.94. The van der Waals surface area contributed by atoms with E-state index in [0.717, 1.165) is 0 Å². The molecular formula is C16H10ClN5O3. The quantitative estimate of drug-likeness (QED) is 0.717. The summed E-state index contributed by atoms with van der Waals surface area (Å²) >= 11 is 5.89. The summed E-state index contributed by atoms with van der Waals surface area (Å²) < 4.78 is 6.54. The van der Waals surface area contributed by atoms with Gasteiger partial charge < -0.3 is 10.1 Å². The van der Waals surface area contributed by atoms with E-state index >= 15 is 0 Å². The van der Waals surface area contributed by atoms with Gasteiger partial charge in [-0.05, 0) is 30.3 Å². The van der Waals surface area contributed by atoms with E-state index in [0.29, 0.717) is 16.9 Å². The Bertz CT molecular complexity index is 1010. The van der Waals surface area contributed by atoms with Crippen molar-refractivity contribution >= 4 is 34.8 Å². The summed E-state index contributed by atoms with van der Waals surface area (Å²) in [6, 6.07) is 9.53. The molecule has 9 heteroatoms. The Morgan fingerprint density at radius 3 is 2.92 bits per heavy atom. The van der Waals surface area contributed by atoms with Gasteiger partial charge in [0.2, 0.25) is 0 Å². The molecule has 3 rings (SSSR count). The summed E-state index contributed by atoms with van der Waals surface area (Å²) in [5, 5.41) is 19.1. The highest BCUT2D eigenvalue weighted by atomic mass is 35.5. The fourth-order valence-electron chi connectivity index (χ4n) is 2.04. The summed E-state index contributed by atoms with van der Waals surface area (Å²) in [7, 11) is 0. The number of nitrogens with zero attached hydrogens (tertiary/aromatic N) is 4. The number of hydrogen-bond donors (Lipinski definition) is 1. The SMILES string of the molecule is N#Cc1ccc(NC(=O)COC(=O)c2ccc3nncn3c2)cc1Cl. The lowest BCUT2D eigenvalue weighted by molar-refractivity contribution is -0.119. The highest BCUT2D eigenvalue weighted by Crippen LogP contribution is 2.20. The molecule has 25 heavy (non-hydrogen) atoms. The Balaban J connectivity index is 1.59. The number of nitriles is 1. The molecule has 0 atom stereocenters. The third-order valence-corrected chi connectivity index (χ3v) is 3.55. The zero-order valence-electron chi connectivity index (χ0n) is 12.6. The number of carbonyl (C=O) groups is 2. The van der Waals surface area contributed by atoms with Crippen molar-refractivity contribution in [3.8, 4) is 6.07 Å². The first kappa shape index (κ1) is 16.4. The van der Waals surface area contributed by atoms with Crippen molar-refractivity contribution in [1.29, 1.82) is 5.26 Å². The van der Waals surface area contributed by atoms with Crippen LogP contribution in [0.4, 0.5) is 5.69 Å². The predicted octanol–water partition coefficient (Wildman–Crippen LogP) is 2.05. The average Bonchev–Trinajstić information content (AvgIpc) is 3.07. The molecule has 0 radical (unpaired) electrons. The molecule has 1 N–H and O–H groups in total. The van der Waals surface area contributed by atoms with E-state index in [2.05, 4.69) is 15.5 Å². The number of fused-ring (bicyclic) bond motifs is 1. The zero-order chi connectivity index (χ0) is 17.8. The molecule has 0 saturated carbocycles. The molecule has 0 aliphatic heterocycles. The highest BCUT2D eigenvalue weighted by molar-refractivity contribution is 6.32. The van der Waals surface area contributed by atoms with Crippen LogP contribution in [0.2, 0.25) is 5.02 Å². The van der Waals surface area contributed by atoms with E-state index in [1.807, 2.05) is 6.07 Å². The molecule has 2 aromatic heterocycles. The van der Waals surface area contributed by atoms with Gasteiger partial charge in [0, 0.05) is 11.9 Å². The molecule has 0 unspecified atom stereocenters. The Labute approximate surface area is 146 Å². The van der Waals surface area contributed by atoms with Crippen LogP contribution >= 0.6 is 11.6 Å². The molecule has 0 fully saturated rings. The van der Waals surface area contributed by atoms with Crippen LogP contribution in [0.1, 0.15) is 15.9 Å². The Kier molecular flexibility index (Phi) is 4.59. The minimum atomic E-state index is -0.649. The van der Waals surface area contributed by atoms with Gasteiger partial charge in [-0.3, -0.25) is 9.20 Å². The number of nitrogens with one attached hydrogen (secondary N) is 1. The molecule has 0 aliphatic carbocycles. The van der Waals surface area contributed by atoms with Crippen LogP contribution < -0.4 is 5.32 Å². The number of benzene rings is 1. The molecule has 1 amide bonds. The molecule has 2 heterocycles. The van der Waals surface area contributed by atoms with Gasteiger partial charge in [-0.1, -0.05) is 11.6 Å². The molecule has 3 aromatic rings. The van der Waals surface area contributed by atoms with Crippen LogP contribution in [-0.4, -0.2) is 33.1 Å². The molecule has 0 saturated heterocycles. The first-order valence-electron chi connectivity index (χ1n) is 7.03. The summed E-state index contributed by atoms with van der Waals surface area (Å²) in [5.74, 6) is -1.18. The van der Waals surface area contributed by atoms with E-state index < -0.39 is 18.5 Å². The Hall–Kier alpha value is -3.44. The van der Waals surface area contributed by atoms with Gasteiger partial charge in [-0.25, -0.2) is 4.79 Å². The fourth-order valence-corrected chi connectivity index (χ4v) is 2.27. The van der Waals surface area contributed by atoms with Crippen LogP contribution in [0.25, 0.3) is 5.65 Å².